The fourth-order valence-corrected chi connectivity index (χ4v) is 4.29. The van der Waals surface area contributed by atoms with E-state index in [4.69, 9.17) is 9.47 Å². The fourth-order valence-electron chi connectivity index (χ4n) is 4.29. The summed E-state index contributed by atoms with van der Waals surface area (Å²) in [6.45, 7) is -1.06. The molecule has 0 aliphatic heterocycles. The summed E-state index contributed by atoms with van der Waals surface area (Å²) in [5, 5.41) is 33.3. The number of nitrogens with zero attached hydrogens (tertiary/aromatic N) is 1. The minimum Gasteiger partial charge on any atom is -0.546 e. The third-order valence-electron chi connectivity index (χ3n) is 6.01. The molecule has 2 N–H and O–H groups in total. The summed E-state index contributed by atoms with van der Waals surface area (Å²) >= 11 is 0. The van der Waals surface area contributed by atoms with E-state index in [1.807, 2.05) is 12.1 Å². The second kappa shape index (κ2) is 12.4. The molecule has 4 rings (SSSR count). The van der Waals surface area contributed by atoms with Crippen LogP contribution in [0.15, 0.2) is 78.9 Å². The van der Waals surface area contributed by atoms with Gasteiger partial charge in [-0.15, -0.1) is 0 Å². The van der Waals surface area contributed by atoms with Crippen molar-refractivity contribution >= 4 is 23.4 Å². The Hall–Kier alpha value is -2.88. The average Bonchev–Trinajstić information content (AvgIpc) is 3.00. The molecule has 3 aromatic carbocycles. The molecule has 0 heterocycles. The van der Waals surface area contributed by atoms with Gasteiger partial charge in [-0.2, -0.15) is 0 Å². The number of rotatable bonds is 7. The zero-order valence-corrected chi connectivity index (χ0v) is 22.0. The first-order chi connectivity index (χ1) is 16.9. The predicted molar refractivity (Wildman–Crippen MR) is 126 cm³/mol. The molecule has 1 aliphatic rings. The van der Waals surface area contributed by atoms with E-state index < -0.39 is 37.0 Å². The van der Waals surface area contributed by atoms with Crippen molar-refractivity contribution in [2.75, 3.05) is 18.1 Å². The number of benzene rings is 3. The number of amides is 1. The number of carbonyl (C=O) groups excluding carboxylic acids is 2. The second-order valence-corrected chi connectivity index (χ2v) is 8.41. The number of carboxylic acid groups (broad SMARTS) is 1. The molecular formula is C27H26NNaO7. The van der Waals surface area contributed by atoms with E-state index in [1.165, 1.54) is 4.90 Å². The summed E-state index contributed by atoms with van der Waals surface area (Å²) in [7, 11) is 0. The Labute approximate surface area is 231 Å². The maximum Gasteiger partial charge on any atom is 1.00 e. The molecule has 3 aromatic rings. The van der Waals surface area contributed by atoms with Crippen LogP contribution in [0.4, 0.5) is 16.2 Å². The molecular weight excluding hydrogens is 473 g/mol. The maximum atomic E-state index is 13.2. The molecule has 1 amide bonds. The number of aliphatic hydroxyl groups excluding tert-OH is 1. The van der Waals surface area contributed by atoms with Crippen LogP contribution in [0.25, 0.3) is 0 Å². The zero-order chi connectivity index (χ0) is 24.8. The van der Waals surface area contributed by atoms with Crippen LogP contribution < -0.4 is 44.3 Å². The standard InChI is InChI=1S/C27H27NO7.Na/c29-24(30)17-34-23-15-7-13-22-21(23)14-8-16-27(33,25(22)31)18-35-26(32)28(19-9-3-1-4-10-19)20-11-5-2-6-12-20;/h1-7,9-13,15,25,31,33H,8,14,16-18H2,(H,29,30);/q;+1/p-1. The Bertz CT molecular complexity index is 1140. The number of ether oxygens (including phenoxy) is 2. The Kier molecular flexibility index (Phi) is 9.53. The molecule has 36 heavy (non-hydrogen) atoms. The fraction of sp³-hybridized carbons (Fsp3) is 0.259. The predicted octanol–water partition coefficient (Wildman–Crippen LogP) is -0.105. The summed E-state index contributed by atoms with van der Waals surface area (Å²) in [6, 6.07) is 22.8. The molecule has 0 spiro atoms. The van der Waals surface area contributed by atoms with Crippen LogP contribution in [0.2, 0.25) is 0 Å². The normalized spacial score (nSPS) is 18.7. The molecule has 9 heteroatoms. The van der Waals surface area contributed by atoms with Crippen molar-refractivity contribution in [2.24, 2.45) is 0 Å². The van der Waals surface area contributed by atoms with E-state index in [1.54, 1.807) is 66.7 Å². The van der Waals surface area contributed by atoms with Crippen molar-refractivity contribution in [2.45, 2.75) is 31.0 Å². The van der Waals surface area contributed by atoms with Gasteiger partial charge in [-0.25, -0.2) is 9.69 Å². The Morgan fingerprint density at radius 1 is 0.972 bits per heavy atom. The number of para-hydroxylation sites is 2. The molecule has 0 saturated carbocycles. The number of carbonyl (C=O) groups is 2. The van der Waals surface area contributed by atoms with E-state index in [0.29, 0.717) is 41.1 Å². The minimum absolute atomic E-state index is 0. The molecule has 0 saturated heterocycles. The molecule has 0 radical (unpaired) electrons. The molecule has 2 atom stereocenters. The van der Waals surface area contributed by atoms with Gasteiger partial charge in [-0.05, 0) is 55.2 Å². The van der Waals surface area contributed by atoms with E-state index in [0.717, 1.165) is 0 Å². The number of fused-ring (bicyclic) bond motifs is 1. The average molecular weight is 499 g/mol. The van der Waals surface area contributed by atoms with Crippen molar-refractivity contribution in [1.29, 1.82) is 0 Å². The largest absolute Gasteiger partial charge is 1.00 e. The van der Waals surface area contributed by atoms with E-state index in [9.17, 15) is 24.9 Å². The van der Waals surface area contributed by atoms with Gasteiger partial charge in [0.2, 0.25) is 0 Å². The van der Waals surface area contributed by atoms with Crippen LogP contribution in [0.3, 0.4) is 0 Å². The van der Waals surface area contributed by atoms with E-state index in [2.05, 4.69) is 0 Å². The van der Waals surface area contributed by atoms with Gasteiger partial charge in [0.15, 0.2) is 0 Å². The van der Waals surface area contributed by atoms with Gasteiger partial charge >= 0.3 is 35.7 Å². The summed E-state index contributed by atoms with van der Waals surface area (Å²) in [5.41, 5.74) is 0.459. The van der Waals surface area contributed by atoms with Crippen molar-refractivity contribution < 1.29 is 63.9 Å². The number of anilines is 2. The van der Waals surface area contributed by atoms with Crippen LogP contribution in [-0.4, -0.2) is 41.1 Å². The third kappa shape index (κ3) is 6.27. The summed E-state index contributed by atoms with van der Waals surface area (Å²) in [5.74, 6) is -1.05. The topological polar surface area (TPSA) is 119 Å². The number of carboxylic acids is 1. The molecule has 0 bridgehead atoms. The maximum absolute atomic E-state index is 13.2. The molecule has 8 nitrogen and oxygen atoms in total. The second-order valence-electron chi connectivity index (χ2n) is 8.41. The van der Waals surface area contributed by atoms with Gasteiger partial charge < -0.3 is 29.6 Å². The summed E-state index contributed by atoms with van der Waals surface area (Å²) in [6.07, 6.45) is -0.997. The number of hydrogen-bond donors (Lipinski definition) is 2. The Balaban J connectivity index is 0.00000361. The van der Waals surface area contributed by atoms with Crippen LogP contribution in [0, 0.1) is 0 Å². The van der Waals surface area contributed by atoms with E-state index >= 15 is 0 Å². The molecule has 2 unspecified atom stereocenters. The Morgan fingerprint density at radius 2 is 1.58 bits per heavy atom. The van der Waals surface area contributed by atoms with Crippen LogP contribution in [0.1, 0.15) is 30.1 Å². The SMILES string of the molecule is O=C([O-])COc1cccc2c1CCCC(O)(COC(=O)N(c1ccccc1)c1ccccc1)C2O.[Na+]. The van der Waals surface area contributed by atoms with Crippen molar-refractivity contribution in [1.82, 2.24) is 0 Å². The summed E-state index contributed by atoms with van der Waals surface area (Å²) < 4.78 is 10.9. The van der Waals surface area contributed by atoms with Crippen molar-refractivity contribution in [3.63, 3.8) is 0 Å². The first-order valence-electron chi connectivity index (χ1n) is 11.3. The van der Waals surface area contributed by atoms with Crippen molar-refractivity contribution in [3.05, 3.63) is 90.0 Å². The monoisotopic (exact) mass is 499 g/mol. The molecule has 0 fully saturated rings. The van der Waals surface area contributed by atoms with E-state index in [-0.39, 0.29) is 36.0 Å². The number of aliphatic hydroxyl groups is 2. The number of aliphatic carboxylic acids is 1. The van der Waals surface area contributed by atoms with Gasteiger partial charge in [0.25, 0.3) is 0 Å². The smallest absolute Gasteiger partial charge is 0.546 e. The first-order valence-corrected chi connectivity index (χ1v) is 11.3. The minimum atomic E-state index is -1.74. The molecule has 0 aromatic heterocycles. The first kappa shape index (κ1) is 27.7. The third-order valence-corrected chi connectivity index (χ3v) is 6.01. The van der Waals surface area contributed by atoms with Gasteiger partial charge in [-0.1, -0.05) is 48.5 Å². The van der Waals surface area contributed by atoms with Gasteiger partial charge in [-0.3, -0.25) is 0 Å². The van der Waals surface area contributed by atoms with Gasteiger partial charge in [0, 0.05) is 5.56 Å². The van der Waals surface area contributed by atoms with Crippen molar-refractivity contribution in [3.8, 4) is 5.75 Å². The quantitative estimate of drug-likeness (QED) is 0.344. The van der Waals surface area contributed by atoms with Crippen LogP contribution >= 0.6 is 0 Å². The molecule has 1 aliphatic carbocycles. The summed E-state index contributed by atoms with van der Waals surface area (Å²) in [4.78, 5) is 25.4. The molecule has 182 valence electrons. The number of hydrogen-bond acceptors (Lipinski definition) is 7. The van der Waals surface area contributed by atoms with Crippen LogP contribution in [-0.2, 0) is 16.0 Å². The van der Waals surface area contributed by atoms with Gasteiger partial charge in [0.1, 0.15) is 30.7 Å². The van der Waals surface area contributed by atoms with Crippen LogP contribution in [0.5, 0.6) is 5.75 Å². The zero-order valence-electron chi connectivity index (χ0n) is 20.0. The van der Waals surface area contributed by atoms with Gasteiger partial charge in [0.05, 0.1) is 17.3 Å². The Morgan fingerprint density at radius 3 is 2.17 bits per heavy atom.